The average Bonchev–Trinajstić information content (AvgIpc) is 2.62. The molecule has 0 unspecified atom stereocenters. The minimum atomic E-state index is -3.68. The van der Waals surface area contributed by atoms with Crippen LogP contribution in [-0.2, 0) is 10.0 Å². The van der Waals surface area contributed by atoms with Gasteiger partial charge < -0.3 is 4.74 Å². The lowest BCUT2D eigenvalue weighted by Gasteiger charge is -2.10. The minimum absolute atomic E-state index is 0.161. The van der Waals surface area contributed by atoms with Crippen molar-refractivity contribution in [3.05, 3.63) is 73.1 Å². The van der Waals surface area contributed by atoms with Gasteiger partial charge in [-0.1, -0.05) is 30.3 Å². The number of rotatable bonds is 5. The first kappa shape index (κ1) is 16.0. The number of methoxy groups -OCH3 is 1. The number of ether oxygens (including phenoxy) is 1. The Morgan fingerprint density at radius 1 is 0.917 bits per heavy atom. The number of hydrogen-bond donors (Lipinski definition) is 1. The first-order valence-electron chi connectivity index (χ1n) is 7.26. The molecule has 0 aliphatic rings. The molecule has 2 aromatic carbocycles. The van der Waals surface area contributed by atoms with Crippen LogP contribution in [0.3, 0.4) is 0 Å². The van der Waals surface area contributed by atoms with Crippen molar-refractivity contribution in [2.45, 2.75) is 4.90 Å². The van der Waals surface area contributed by atoms with Crippen LogP contribution >= 0.6 is 0 Å². The van der Waals surface area contributed by atoms with Gasteiger partial charge in [-0.2, -0.15) is 0 Å². The van der Waals surface area contributed by atoms with Crippen LogP contribution in [0.1, 0.15) is 0 Å². The lowest BCUT2D eigenvalue weighted by Crippen LogP contribution is -2.13. The van der Waals surface area contributed by atoms with Crippen LogP contribution in [0.5, 0.6) is 5.75 Å². The molecule has 0 radical (unpaired) electrons. The summed E-state index contributed by atoms with van der Waals surface area (Å²) in [6, 6.07) is 17.6. The molecule has 0 bridgehead atoms. The number of aromatic nitrogens is 1. The fourth-order valence-electron chi connectivity index (χ4n) is 2.25. The highest BCUT2D eigenvalue weighted by Crippen LogP contribution is 2.23. The first-order valence-corrected chi connectivity index (χ1v) is 8.74. The van der Waals surface area contributed by atoms with E-state index in [0.717, 1.165) is 11.1 Å². The highest BCUT2D eigenvalue weighted by Gasteiger charge is 2.14. The number of hydrogen-bond acceptors (Lipinski definition) is 4. The summed E-state index contributed by atoms with van der Waals surface area (Å²) in [7, 11) is -2.15. The molecule has 0 aliphatic heterocycles. The van der Waals surface area contributed by atoms with Gasteiger partial charge in [0.1, 0.15) is 5.75 Å². The normalized spacial score (nSPS) is 11.0. The van der Waals surface area contributed by atoms with E-state index < -0.39 is 10.0 Å². The Bertz CT molecular complexity index is 924. The van der Waals surface area contributed by atoms with E-state index in [1.54, 1.807) is 24.4 Å². The van der Waals surface area contributed by atoms with Gasteiger partial charge >= 0.3 is 0 Å². The van der Waals surface area contributed by atoms with E-state index in [1.165, 1.54) is 25.4 Å². The molecule has 5 nitrogen and oxygen atoms in total. The highest BCUT2D eigenvalue weighted by atomic mass is 32.2. The summed E-state index contributed by atoms with van der Waals surface area (Å²) >= 11 is 0. The van der Waals surface area contributed by atoms with E-state index in [4.69, 9.17) is 4.74 Å². The molecule has 24 heavy (non-hydrogen) atoms. The van der Waals surface area contributed by atoms with Gasteiger partial charge in [0, 0.05) is 11.8 Å². The number of sulfonamides is 1. The number of pyridine rings is 1. The molecular weight excluding hydrogens is 324 g/mol. The van der Waals surface area contributed by atoms with Crippen LogP contribution < -0.4 is 9.46 Å². The summed E-state index contributed by atoms with van der Waals surface area (Å²) in [5.41, 5.74) is 2.22. The number of anilines is 1. The molecule has 122 valence electrons. The molecule has 0 fully saturated rings. The second-order valence-electron chi connectivity index (χ2n) is 5.11. The van der Waals surface area contributed by atoms with Crippen LogP contribution in [-0.4, -0.2) is 20.5 Å². The summed E-state index contributed by atoms with van der Waals surface area (Å²) < 4.78 is 32.5. The van der Waals surface area contributed by atoms with Crippen LogP contribution in [0.2, 0.25) is 0 Å². The molecule has 0 spiro atoms. The molecule has 3 aromatic rings. The quantitative estimate of drug-likeness (QED) is 0.771. The summed E-state index contributed by atoms with van der Waals surface area (Å²) in [4.78, 5) is 4.28. The van der Waals surface area contributed by atoms with Gasteiger partial charge in [0.25, 0.3) is 10.0 Å². The Morgan fingerprint density at radius 2 is 1.62 bits per heavy atom. The number of nitrogens with zero attached hydrogens (tertiary/aromatic N) is 1. The lowest BCUT2D eigenvalue weighted by molar-refractivity contribution is 0.414. The van der Waals surface area contributed by atoms with E-state index in [2.05, 4.69) is 9.71 Å². The number of nitrogens with one attached hydrogen (secondary N) is 1. The molecular formula is C18H16N2O3S. The fraction of sp³-hybridized carbons (Fsp3) is 0.0556. The fourth-order valence-corrected chi connectivity index (χ4v) is 3.29. The topological polar surface area (TPSA) is 68.3 Å². The summed E-state index contributed by atoms with van der Waals surface area (Å²) in [6.07, 6.45) is 3.17. The minimum Gasteiger partial charge on any atom is -0.497 e. The molecule has 0 saturated carbocycles. The summed E-state index contributed by atoms with van der Waals surface area (Å²) in [5, 5.41) is 0. The van der Waals surface area contributed by atoms with E-state index in [0.29, 0.717) is 11.4 Å². The smallest absolute Gasteiger partial charge is 0.261 e. The van der Waals surface area contributed by atoms with E-state index in [9.17, 15) is 8.42 Å². The lowest BCUT2D eigenvalue weighted by atomic mass is 10.1. The second-order valence-corrected chi connectivity index (χ2v) is 6.79. The number of benzene rings is 2. The van der Waals surface area contributed by atoms with Crippen molar-refractivity contribution in [3.63, 3.8) is 0 Å². The zero-order valence-electron chi connectivity index (χ0n) is 13.0. The standard InChI is InChI=1S/C18H16N2O3S/c1-23-17-7-9-18(10-8-17)24(21,22)20-16-11-15(12-19-13-16)14-5-3-2-4-6-14/h2-13,20H,1H3. The highest BCUT2D eigenvalue weighted by molar-refractivity contribution is 7.92. The molecule has 0 saturated heterocycles. The Kier molecular flexibility index (Phi) is 4.48. The van der Waals surface area contributed by atoms with Gasteiger partial charge in [0.2, 0.25) is 0 Å². The first-order chi connectivity index (χ1) is 11.6. The largest absolute Gasteiger partial charge is 0.497 e. The molecule has 0 amide bonds. The van der Waals surface area contributed by atoms with Crippen LogP contribution in [0, 0.1) is 0 Å². The van der Waals surface area contributed by atoms with E-state index in [-0.39, 0.29) is 4.90 Å². The molecule has 0 atom stereocenters. The van der Waals surface area contributed by atoms with Crippen LogP contribution in [0.15, 0.2) is 78.0 Å². The Hall–Kier alpha value is -2.86. The van der Waals surface area contributed by atoms with Gasteiger partial charge in [-0.25, -0.2) is 8.42 Å². The Morgan fingerprint density at radius 3 is 2.29 bits per heavy atom. The maximum Gasteiger partial charge on any atom is 0.261 e. The second kappa shape index (κ2) is 6.72. The summed E-state index contributed by atoms with van der Waals surface area (Å²) in [6.45, 7) is 0. The van der Waals surface area contributed by atoms with Crippen molar-refractivity contribution in [2.75, 3.05) is 11.8 Å². The van der Waals surface area contributed by atoms with Gasteiger partial charge in [0.15, 0.2) is 0 Å². The zero-order valence-corrected chi connectivity index (χ0v) is 13.8. The molecule has 1 aromatic heterocycles. The van der Waals surface area contributed by atoms with Crippen molar-refractivity contribution in [3.8, 4) is 16.9 Å². The molecule has 0 aliphatic carbocycles. The van der Waals surface area contributed by atoms with Crippen molar-refractivity contribution >= 4 is 15.7 Å². The zero-order chi connectivity index (χ0) is 17.0. The maximum absolute atomic E-state index is 12.5. The Labute approximate surface area is 141 Å². The third kappa shape index (κ3) is 3.55. The van der Waals surface area contributed by atoms with Crippen molar-refractivity contribution in [2.24, 2.45) is 0 Å². The molecule has 1 N–H and O–H groups in total. The summed E-state index contributed by atoms with van der Waals surface area (Å²) in [5.74, 6) is 0.599. The molecule has 1 heterocycles. The van der Waals surface area contributed by atoms with Crippen molar-refractivity contribution in [1.29, 1.82) is 0 Å². The van der Waals surface area contributed by atoms with Crippen LogP contribution in [0.25, 0.3) is 11.1 Å². The van der Waals surface area contributed by atoms with Crippen molar-refractivity contribution in [1.82, 2.24) is 4.98 Å². The van der Waals surface area contributed by atoms with Gasteiger partial charge in [0.05, 0.1) is 23.9 Å². The third-order valence-electron chi connectivity index (χ3n) is 3.47. The molecule has 6 heteroatoms. The van der Waals surface area contributed by atoms with Gasteiger partial charge in [-0.05, 0) is 35.9 Å². The molecule has 3 rings (SSSR count). The van der Waals surface area contributed by atoms with Gasteiger partial charge in [-0.3, -0.25) is 9.71 Å². The predicted octanol–water partition coefficient (Wildman–Crippen LogP) is 3.56. The van der Waals surface area contributed by atoms with Gasteiger partial charge in [-0.15, -0.1) is 0 Å². The van der Waals surface area contributed by atoms with E-state index in [1.807, 2.05) is 30.3 Å². The average molecular weight is 340 g/mol. The van der Waals surface area contributed by atoms with Crippen LogP contribution in [0.4, 0.5) is 5.69 Å². The monoisotopic (exact) mass is 340 g/mol. The van der Waals surface area contributed by atoms with E-state index >= 15 is 0 Å². The maximum atomic E-state index is 12.5. The van der Waals surface area contributed by atoms with Crippen molar-refractivity contribution < 1.29 is 13.2 Å². The third-order valence-corrected chi connectivity index (χ3v) is 4.86. The Balaban J connectivity index is 1.87. The SMILES string of the molecule is COc1ccc(S(=O)(=O)Nc2cncc(-c3ccccc3)c2)cc1. The predicted molar refractivity (Wildman–Crippen MR) is 93.5 cm³/mol.